The van der Waals surface area contributed by atoms with Crippen LogP contribution in [0.3, 0.4) is 0 Å². The van der Waals surface area contributed by atoms with Gasteiger partial charge >= 0.3 is 0 Å². The van der Waals surface area contributed by atoms with Crippen LogP contribution in [0.1, 0.15) is 19.8 Å². The Balaban J connectivity index is 1.94. The zero-order valence-corrected chi connectivity index (χ0v) is 10.4. The lowest BCUT2D eigenvalue weighted by atomic mass is 10.1. The number of nitrogens with zero attached hydrogens (tertiary/aromatic N) is 2. The highest BCUT2D eigenvalue weighted by Crippen LogP contribution is 2.20. The van der Waals surface area contributed by atoms with Crippen LogP contribution in [-0.2, 0) is 0 Å². The van der Waals surface area contributed by atoms with Gasteiger partial charge in [0.2, 0.25) is 0 Å². The maximum absolute atomic E-state index is 4.47. The zero-order valence-electron chi connectivity index (χ0n) is 9.57. The topological polar surface area (TPSA) is 49.8 Å². The molecular weight excluding hydrogens is 220 g/mol. The Morgan fingerprint density at radius 2 is 2.06 bits per heavy atom. The van der Waals surface area contributed by atoms with E-state index in [9.17, 15) is 0 Å². The first-order valence-electron chi connectivity index (χ1n) is 5.78. The summed E-state index contributed by atoms with van der Waals surface area (Å²) in [7, 11) is 0. The van der Waals surface area contributed by atoms with Crippen molar-refractivity contribution in [3.05, 3.63) is 12.4 Å². The molecule has 2 rings (SSSR count). The highest BCUT2D eigenvalue weighted by Gasteiger charge is 2.13. The van der Waals surface area contributed by atoms with Crippen LogP contribution in [-0.4, -0.2) is 34.1 Å². The predicted octanol–water partition coefficient (Wildman–Crippen LogP) is 2.22. The molecule has 4 nitrogen and oxygen atoms in total. The van der Waals surface area contributed by atoms with Crippen LogP contribution >= 0.6 is 11.8 Å². The first-order valence-corrected chi connectivity index (χ1v) is 6.94. The first-order chi connectivity index (χ1) is 7.88. The van der Waals surface area contributed by atoms with Crippen molar-refractivity contribution in [1.82, 2.24) is 9.97 Å². The average Bonchev–Trinajstić information content (AvgIpc) is 2.31. The molecule has 0 amide bonds. The van der Waals surface area contributed by atoms with Crippen LogP contribution in [0.5, 0.6) is 0 Å². The number of anilines is 2. The Labute approximate surface area is 101 Å². The van der Waals surface area contributed by atoms with Gasteiger partial charge in [0.15, 0.2) is 0 Å². The van der Waals surface area contributed by atoms with Crippen molar-refractivity contribution < 1.29 is 0 Å². The summed E-state index contributed by atoms with van der Waals surface area (Å²) in [6.45, 7) is 2.93. The lowest BCUT2D eigenvalue weighted by Gasteiger charge is -2.22. The van der Waals surface area contributed by atoms with Gasteiger partial charge in [0.25, 0.3) is 0 Å². The standard InChI is InChI=1S/C11H18N4S/c1-2-13-10-7-12-8-11(15-10)14-9-3-5-16-6-4-9/h7-9H,2-6H2,1H3,(H2,13,14,15). The molecule has 0 atom stereocenters. The molecule has 0 aromatic carbocycles. The summed E-state index contributed by atoms with van der Waals surface area (Å²) in [5, 5.41) is 6.62. The van der Waals surface area contributed by atoms with E-state index in [1.807, 2.05) is 11.8 Å². The fraction of sp³-hybridized carbons (Fsp3) is 0.636. The summed E-state index contributed by atoms with van der Waals surface area (Å²) in [4.78, 5) is 8.64. The fourth-order valence-corrected chi connectivity index (χ4v) is 2.86. The van der Waals surface area contributed by atoms with Crippen molar-refractivity contribution in [3.8, 4) is 0 Å². The highest BCUT2D eigenvalue weighted by molar-refractivity contribution is 7.99. The number of hydrogen-bond donors (Lipinski definition) is 2. The van der Waals surface area contributed by atoms with Gasteiger partial charge in [-0.2, -0.15) is 11.8 Å². The quantitative estimate of drug-likeness (QED) is 0.842. The monoisotopic (exact) mass is 238 g/mol. The molecule has 1 fully saturated rings. The van der Waals surface area contributed by atoms with Gasteiger partial charge in [0.1, 0.15) is 11.6 Å². The van der Waals surface area contributed by atoms with Crippen LogP contribution in [0.25, 0.3) is 0 Å². The number of nitrogens with one attached hydrogen (secondary N) is 2. The summed E-state index contributed by atoms with van der Waals surface area (Å²) < 4.78 is 0. The second-order valence-corrected chi connectivity index (χ2v) is 5.08. The van der Waals surface area contributed by atoms with E-state index >= 15 is 0 Å². The van der Waals surface area contributed by atoms with Gasteiger partial charge in [-0.25, -0.2) is 4.98 Å². The molecule has 2 heterocycles. The van der Waals surface area contributed by atoms with Gasteiger partial charge in [0.05, 0.1) is 12.4 Å². The Morgan fingerprint density at radius 3 is 2.81 bits per heavy atom. The van der Waals surface area contributed by atoms with Crippen molar-refractivity contribution in [3.63, 3.8) is 0 Å². The Morgan fingerprint density at radius 1 is 1.31 bits per heavy atom. The number of rotatable bonds is 4. The van der Waals surface area contributed by atoms with E-state index in [1.165, 1.54) is 24.3 Å². The number of aromatic nitrogens is 2. The third-order valence-electron chi connectivity index (χ3n) is 2.57. The molecule has 1 aliphatic rings. The molecule has 0 radical (unpaired) electrons. The second-order valence-electron chi connectivity index (χ2n) is 3.85. The van der Waals surface area contributed by atoms with E-state index in [0.29, 0.717) is 6.04 Å². The summed E-state index contributed by atoms with van der Waals surface area (Å²) in [5.41, 5.74) is 0. The van der Waals surface area contributed by atoms with E-state index < -0.39 is 0 Å². The molecule has 1 saturated heterocycles. The molecule has 0 bridgehead atoms. The van der Waals surface area contributed by atoms with E-state index in [0.717, 1.165) is 18.2 Å². The Bertz CT molecular complexity index is 326. The third-order valence-corrected chi connectivity index (χ3v) is 3.61. The number of hydrogen-bond acceptors (Lipinski definition) is 5. The minimum atomic E-state index is 0.562. The smallest absolute Gasteiger partial charge is 0.147 e. The molecule has 0 spiro atoms. The van der Waals surface area contributed by atoms with Crippen molar-refractivity contribution in [2.75, 3.05) is 28.7 Å². The molecule has 0 aliphatic carbocycles. The molecule has 0 saturated carbocycles. The molecule has 16 heavy (non-hydrogen) atoms. The summed E-state index contributed by atoms with van der Waals surface area (Å²) in [5.74, 6) is 4.23. The molecule has 1 aromatic heterocycles. The molecule has 88 valence electrons. The third kappa shape index (κ3) is 3.27. The lowest BCUT2D eigenvalue weighted by molar-refractivity contribution is 0.663. The Kier molecular flexibility index (Phi) is 4.27. The fourth-order valence-electron chi connectivity index (χ4n) is 1.75. The van der Waals surface area contributed by atoms with Gasteiger partial charge in [-0.1, -0.05) is 0 Å². The maximum Gasteiger partial charge on any atom is 0.147 e. The predicted molar refractivity (Wildman–Crippen MR) is 70.2 cm³/mol. The molecular formula is C11H18N4S. The van der Waals surface area contributed by atoms with Crippen LogP contribution in [0.4, 0.5) is 11.6 Å². The van der Waals surface area contributed by atoms with Crippen LogP contribution in [0.15, 0.2) is 12.4 Å². The van der Waals surface area contributed by atoms with Crippen molar-refractivity contribution in [1.29, 1.82) is 0 Å². The summed E-state index contributed by atoms with van der Waals surface area (Å²) in [6, 6.07) is 0.562. The summed E-state index contributed by atoms with van der Waals surface area (Å²) >= 11 is 2.03. The van der Waals surface area contributed by atoms with Gasteiger partial charge < -0.3 is 10.6 Å². The van der Waals surface area contributed by atoms with Crippen molar-refractivity contribution in [2.24, 2.45) is 0 Å². The van der Waals surface area contributed by atoms with Crippen LogP contribution < -0.4 is 10.6 Å². The molecule has 2 N–H and O–H groups in total. The van der Waals surface area contributed by atoms with Gasteiger partial charge in [-0.3, -0.25) is 4.98 Å². The SMILES string of the molecule is CCNc1cncc(NC2CCSCC2)n1. The van der Waals surface area contributed by atoms with Crippen molar-refractivity contribution >= 4 is 23.4 Å². The van der Waals surface area contributed by atoms with Crippen molar-refractivity contribution in [2.45, 2.75) is 25.8 Å². The van der Waals surface area contributed by atoms with E-state index in [2.05, 4.69) is 27.5 Å². The summed E-state index contributed by atoms with van der Waals surface area (Å²) in [6.07, 6.45) is 5.99. The zero-order chi connectivity index (χ0) is 11.2. The van der Waals surface area contributed by atoms with Crippen LogP contribution in [0.2, 0.25) is 0 Å². The second kappa shape index (κ2) is 5.94. The van der Waals surface area contributed by atoms with E-state index in [4.69, 9.17) is 0 Å². The molecule has 0 unspecified atom stereocenters. The van der Waals surface area contributed by atoms with Gasteiger partial charge in [-0.15, -0.1) is 0 Å². The maximum atomic E-state index is 4.47. The molecule has 5 heteroatoms. The number of thioether (sulfide) groups is 1. The minimum absolute atomic E-state index is 0.562. The van der Waals surface area contributed by atoms with E-state index in [-0.39, 0.29) is 0 Å². The van der Waals surface area contributed by atoms with E-state index in [1.54, 1.807) is 12.4 Å². The van der Waals surface area contributed by atoms with Gasteiger partial charge in [-0.05, 0) is 31.3 Å². The van der Waals surface area contributed by atoms with Crippen LogP contribution in [0, 0.1) is 0 Å². The molecule has 1 aromatic rings. The Hall–Kier alpha value is -0.970. The first kappa shape index (κ1) is 11.5. The molecule has 1 aliphatic heterocycles. The lowest BCUT2D eigenvalue weighted by Crippen LogP contribution is -2.25. The minimum Gasteiger partial charge on any atom is -0.369 e. The average molecular weight is 238 g/mol. The highest BCUT2D eigenvalue weighted by atomic mass is 32.2. The normalized spacial score (nSPS) is 17.1. The largest absolute Gasteiger partial charge is 0.369 e. The van der Waals surface area contributed by atoms with Gasteiger partial charge in [0, 0.05) is 12.6 Å².